The maximum absolute atomic E-state index is 12.9. The summed E-state index contributed by atoms with van der Waals surface area (Å²) in [5.74, 6) is -0.645. The number of phenols is 2. The third kappa shape index (κ3) is 5.39. The summed E-state index contributed by atoms with van der Waals surface area (Å²) in [5.41, 5.74) is 3.19. The van der Waals surface area contributed by atoms with E-state index in [2.05, 4.69) is 10.6 Å². The van der Waals surface area contributed by atoms with Crippen LogP contribution in [0.25, 0.3) is 0 Å². The Morgan fingerprint density at radius 1 is 0.676 bits per heavy atom. The lowest BCUT2D eigenvalue weighted by atomic mass is 9.92. The molecule has 0 saturated heterocycles. The summed E-state index contributed by atoms with van der Waals surface area (Å²) in [6, 6.07) is 16.9. The maximum atomic E-state index is 12.9. The standard InChI is InChI=1S/C28H32N2O4/c1-5-17(3)21-9-7-11-23(31)25(21)27(33)29-19-13-15-20(16-14-19)30-28(34)26-22(18(4)6-2)10-8-12-24(26)32/h7-18,31-32H,5-6H2,1-4H3,(H,29,33)(H,30,34). The number of amides is 2. The van der Waals surface area contributed by atoms with Gasteiger partial charge in [0, 0.05) is 11.4 Å². The normalized spacial score (nSPS) is 12.6. The summed E-state index contributed by atoms with van der Waals surface area (Å²) < 4.78 is 0. The smallest absolute Gasteiger partial charge is 0.259 e. The van der Waals surface area contributed by atoms with E-state index in [0.29, 0.717) is 11.4 Å². The number of carbonyl (C=O) groups excluding carboxylic acids is 2. The van der Waals surface area contributed by atoms with Crippen molar-refractivity contribution >= 4 is 23.2 Å². The Morgan fingerprint density at radius 2 is 1.03 bits per heavy atom. The molecule has 2 atom stereocenters. The molecule has 0 aliphatic heterocycles. The molecule has 0 aliphatic rings. The van der Waals surface area contributed by atoms with Crippen LogP contribution in [0, 0.1) is 0 Å². The molecular formula is C28H32N2O4. The Bertz CT molecular complexity index is 1080. The predicted molar refractivity (Wildman–Crippen MR) is 136 cm³/mol. The minimum Gasteiger partial charge on any atom is -0.507 e. The van der Waals surface area contributed by atoms with Gasteiger partial charge in [0.25, 0.3) is 11.8 Å². The number of anilines is 2. The van der Waals surface area contributed by atoms with Gasteiger partial charge in [0.15, 0.2) is 0 Å². The summed E-state index contributed by atoms with van der Waals surface area (Å²) in [5, 5.41) is 26.3. The second-order valence-electron chi connectivity index (χ2n) is 8.59. The predicted octanol–water partition coefficient (Wildman–Crippen LogP) is 6.63. The minimum atomic E-state index is -0.391. The van der Waals surface area contributed by atoms with Gasteiger partial charge in [-0.15, -0.1) is 0 Å². The lowest BCUT2D eigenvalue weighted by Crippen LogP contribution is -2.16. The van der Waals surface area contributed by atoms with Gasteiger partial charge in [-0.1, -0.05) is 52.0 Å². The van der Waals surface area contributed by atoms with Crippen LogP contribution >= 0.6 is 0 Å². The zero-order chi connectivity index (χ0) is 24.8. The first-order valence-electron chi connectivity index (χ1n) is 11.6. The first-order chi connectivity index (χ1) is 16.3. The molecule has 34 heavy (non-hydrogen) atoms. The lowest BCUT2D eigenvalue weighted by Gasteiger charge is -2.17. The van der Waals surface area contributed by atoms with E-state index < -0.39 is 11.8 Å². The highest BCUT2D eigenvalue weighted by Gasteiger charge is 2.21. The molecule has 6 nitrogen and oxygen atoms in total. The van der Waals surface area contributed by atoms with E-state index in [1.807, 2.05) is 39.8 Å². The van der Waals surface area contributed by atoms with Gasteiger partial charge in [-0.3, -0.25) is 9.59 Å². The molecule has 0 spiro atoms. The Balaban J connectivity index is 1.77. The molecule has 0 bridgehead atoms. The number of aromatic hydroxyl groups is 2. The highest BCUT2D eigenvalue weighted by atomic mass is 16.3. The molecule has 2 amide bonds. The van der Waals surface area contributed by atoms with E-state index in [1.165, 1.54) is 12.1 Å². The molecule has 178 valence electrons. The number of hydrogen-bond acceptors (Lipinski definition) is 4. The fraction of sp³-hybridized carbons (Fsp3) is 0.286. The Labute approximate surface area is 200 Å². The number of nitrogens with one attached hydrogen (secondary N) is 2. The number of rotatable bonds is 8. The maximum Gasteiger partial charge on any atom is 0.259 e. The highest BCUT2D eigenvalue weighted by molar-refractivity contribution is 6.08. The fourth-order valence-electron chi connectivity index (χ4n) is 3.90. The molecule has 3 rings (SSSR count). The lowest BCUT2D eigenvalue weighted by molar-refractivity contribution is 0.101. The molecule has 0 saturated carbocycles. The van der Waals surface area contributed by atoms with Crippen LogP contribution in [0.4, 0.5) is 11.4 Å². The molecule has 0 aromatic heterocycles. The molecule has 3 aromatic carbocycles. The minimum absolute atomic E-state index is 0.0565. The van der Waals surface area contributed by atoms with Gasteiger partial charge in [0.1, 0.15) is 11.5 Å². The molecule has 0 fully saturated rings. The molecule has 3 aromatic rings. The quantitative estimate of drug-likeness (QED) is 0.303. The Kier molecular flexibility index (Phi) is 7.95. The molecular weight excluding hydrogens is 428 g/mol. The molecule has 0 radical (unpaired) electrons. The second kappa shape index (κ2) is 10.9. The summed E-state index contributed by atoms with van der Waals surface area (Å²) in [7, 11) is 0. The largest absolute Gasteiger partial charge is 0.507 e. The molecule has 6 heteroatoms. The SMILES string of the molecule is CCC(C)c1cccc(O)c1C(=O)Nc1ccc(NC(=O)c2c(O)cccc2C(C)CC)cc1. The summed E-state index contributed by atoms with van der Waals surface area (Å²) in [4.78, 5) is 25.8. The van der Waals surface area contributed by atoms with Crippen molar-refractivity contribution in [2.45, 2.75) is 52.4 Å². The van der Waals surface area contributed by atoms with Crippen molar-refractivity contribution in [3.05, 3.63) is 82.9 Å². The van der Waals surface area contributed by atoms with Crippen LogP contribution < -0.4 is 10.6 Å². The van der Waals surface area contributed by atoms with Gasteiger partial charge in [-0.25, -0.2) is 0 Å². The van der Waals surface area contributed by atoms with E-state index in [0.717, 1.165) is 24.0 Å². The zero-order valence-corrected chi connectivity index (χ0v) is 20.1. The second-order valence-corrected chi connectivity index (χ2v) is 8.59. The van der Waals surface area contributed by atoms with Crippen molar-refractivity contribution in [2.75, 3.05) is 10.6 Å². The van der Waals surface area contributed by atoms with E-state index in [4.69, 9.17) is 0 Å². The van der Waals surface area contributed by atoms with Crippen LogP contribution in [0.15, 0.2) is 60.7 Å². The molecule has 0 aliphatic carbocycles. The summed E-state index contributed by atoms with van der Waals surface area (Å²) in [6.07, 6.45) is 1.68. The van der Waals surface area contributed by atoms with Crippen molar-refractivity contribution in [1.82, 2.24) is 0 Å². The number of benzene rings is 3. The third-order valence-electron chi connectivity index (χ3n) is 6.29. The van der Waals surface area contributed by atoms with Crippen molar-refractivity contribution in [3.63, 3.8) is 0 Å². The summed E-state index contributed by atoms with van der Waals surface area (Å²) >= 11 is 0. The monoisotopic (exact) mass is 460 g/mol. The molecule has 2 unspecified atom stereocenters. The average molecular weight is 461 g/mol. The highest BCUT2D eigenvalue weighted by Crippen LogP contribution is 2.31. The number of phenolic OH excluding ortho intramolecular Hbond substituents is 2. The van der Waals surface area contributed by atoms with Crippen LogP contribution in [0.2, 0.25) is 0 Å². The van der Waals surface area contributed by atoms with E-state index >= 15 is 0 Å². The number of hydrogen-bond donors (Lipinski definition) is 4. The van der Waals surface area contributed by atoms with Crippen LogP contribution in [0.1, 0.15) is 84.2 Å². The van der Waals surface area contributed by atoms with Crippen molar-refractivity contribution in [1.29, 1.82) is 0 Å². The first-order valence-corrected chi connectivity index (χ1v) is 11.6. The van der Waals surface area contributed by atoms with Gasteiger partial charge in [0.05, 0.1) is 11.1 Å². The van der Waals surface area contributed by atoms with E-state index in [9.17, 15) is 19.8 Å². The molecule has 4 N–H and O–H groups in total. The topological polar surface area (TPSA) is 98.7 Å². The van der Waals surface area contributed by atoms with Gasteiger partial charge < -0.3 is 20.8 Å². The van der Waals surface area contributed by atoms with Crippen LogP contribution in [-0.2, 0) is 0 Å². The molecule has 0 heterocycles. The van der Waals surface area contributed by atoms with Gasteiger partial charge in [0.2, 0.25) is 0 Å². The fourth-order valence-corrected chi connectivity index (χ4v) is 3.90. The Morgan fingerprint density at radius 3 is 1.35 bits per heavy atom. The van der Waals surface area contributed by atoms with Crippen LogP contribution in [0.3, 0.4) is 0 Å². The van der Waals surface area contributed by atoms with Gasteiger partial charge >= 0.3 is 0 Å². The summed E-state index contributed by atoms with van der Waals surface area (Å²) in [6.45, 7) is 8.09. The van der Waals surface area contributed by atoms with Crippen LogP contribution in [0.5, 0.6) is 11.5 Å². The third-order valence-corrected chi connectivity index (χ3v) is 6.29. The van der Waals surface area contributed by atoms with Crippen LogP contribution in [-0.4, -0.2) is 22.0 Å². The van der Waals surface area contributed by atoms with Gasteiger partial charge in [-0.2, -0.15) is 0 Å². The first kappa shape index (κ1) is 24.8. The zero-order valence-electron chi connectivity index (χ0n) is 20.1. The van der Waals surface area contributed by atoms with Gasteiger partial charge in [-0.05, 0) is 72.2 Å². The van der Waals surface area contributed by atoms with E-state index in [-0.39, 0.29) is 34.5 Å². The number of carbonyl (C=O) groups is 2. The van der Waals surface area contributed by atoms with E-state index in [1.54, 1.807) is 36.4 Å². The van der Waals surface area contributed by atoms with Crippen molar-refractivity contribution < 1.29 is 19.8 Å². The Hall–Kier alpha value is -3.80. The van der Waals surface area contributed by atoms with Crippen molar-refractivity contribution in [2.24, 2.45) is 0 Å². The average Bonchev–Trinajstić information content (AvgIpc) is 2.83. The van der Waals surface area contributed by atoms with Crippen molar-refractivity contribution in [3.8, 4) is 11.5 Å².